The molecule has 0 spiro atoms. The van der Waals surface area contributed by atoms with Gasteiger partial charge in [-0.1, -0.05) is 40.1 Å². The highest BCUT2D eigenvalue weighted by atomic mass is 35.5. The molecular weight excluding hydrogens is 415 g/mol. The van der Waals surface area contributed by atoms with Crippen molar-refractivity contribution in [3.05, 3.63) is 80.0 Å². The average molecular weight is 433 g/mol. The molecule has 3 rings (SSSR count). The maximum Gasteiger partial charge on any atom is 0.103 e. The summed E-state index contributed by atoms with van der Waals surface area (Å²) in [5.74, 6) is 0. The number of hydrogen-bond acceptors (Lipinski definition) is 4. The van der Waals surface area contributed by atoms with E-state index in [0.29, 0.717) is 16.5 Å². The lowest BCUT2D eigenvalue weighted by atomic mass is 10.1. The number of nitrogens with zero attached hydrogens (tertiary/aromatic N) is 6. The third kappa shape index (κ3) is 5.00. The fourth-order valence-corrected chi connectivity index (χ4v) is 4.67. The van der Waals surface area contributed by atoms with Gasteiger partial charge in [-0.05, 0) is 55.3 Å². The minimum Gasteiger partial charge on any atom is -0.265 e. The van der Waals surface area contributed by atoms with E-state index in [-0.39, 0.29) is 12.6 Å². The molecule has 2 aromatic heterocycles. The summed E-state index contributed by atoms with van der Waals surface area (Å²) in [5.41, 5.74) is 11.7. The molecule has 3 aromatic rings. The van der Waals surface area contributed by atoms with E-state index < -0.39 is 0 Å². The Morgan fingerprint density at radius 3 is 2.46 bits per heavy atom. The molecule has 0 unspecified atom stereocenters. The quantitative estimate of drug-likeness (QED) is 0.236. The van der Waals surface area contributed by atoms with Gasteiger partial charge in [0.05, 0.1) is 12.2 Å². The van der Waals surface area contributed by atoms with Crippen molar-refractivity contribution in [2.75, 3.05) is 0 Å². The zero-order valence-electron chi connectivity index (χ0n) is 15.4. The van der Waals surface area contributed by atoms with Crippen LogP contribution in [0, 0.1) is 0 Å². The first kappa shape index (κ1) is 20.6. The first-order valence-corrected chi connectivity index (χ1v) is 10.2. The molecule has 0 atom stereocenters. The maximum atomic E-state index is 8.77. The van der Waals surface area contributed by atoms with Crippen molar-refractivity contribution in [2.24, 2.45) is 5.11 Å². The third-order valence-electron chi connectivity index (χ3n) is 4.00. The van der Waals surface area contributed by atoms with Crippen LogP contribution >= 0.6 is 35.0 Å². The number of aromatic nitrogens is 3. The second kappa shape index (κ2) is 9.34. The number of halogens is 2. The predicted molar refractivity (Wildman–Crippen MR) is 113 cm³/mol. The van der Waals surface area contributed by atoms with Crippen molar-refractivity contribution in [3.63, 3.8) is 0 Å². The van der Waals surface area contributed by atoms with Gasteiger partial charge in [-0.15, -0.1) is 0 Å². The predicted octanol–water partition coefficient (Wildman–Crippen LogP) is 6.72. The lowest BCUT2D eigenvalue weighted by molar-refractivity contribution is 0.487. The van der Waals surface area contributed by atoms with Gasteiger partial charge in [0.25, 0.3) is 0 Å². The van der Waals surface area contributed by atoms with Gasteiger partial charge in [-0.3, -0.25) is 9.67 Å². The van der Waals surface area contributed by atoms with E-state index in [2.05, 4.69) is 28.9 Å². The van der Waals surface area contributed by atoms with Crippen LogP contribution in [0.5, 0.6) is 0 Å². The molecule has 0 amide bonds. The Labute approximate surface area is 177 Å². The van der Waals surface area contributed by atoms with Gasteiger partial charge < -0.3 is 0 Å². The van der Waals surface area contributed by atoms with Crippen molar-refractivity contribution in [1.82, 2.24) is 14.8 Å². The summed E-state index contributed by atoms with van der Waals surface area (Å²) >= 11 is 13.9. The van der Waals surface area contributed by atoms with Gasteiger partial charge in [-0.25, -0.2) is 0 Å². The van der Waals surface area contributed by atoms with Crippen LogP contribution in [0.1, 0.15) is 36.7 Å². The molecule has 144 valence electrons. The molecule has 0 aliphatic heterocycles. The van der Waals surface area contributed by atoms with Crippen LogP contribution < -0.4 is 0 Å². The van der Waals surface area contributed by atoms with Gasteiger partial charge in [0, 0.05) is 50.3 Å². The Balaban J connectivity index is 2.10. The van der Waals surface area contributed by atoms with Crippen LogP contribution in [-0.2, 0) is 13.0 Å². The molecule has 0 aliphatic rings. The van der Waals surface area contributed by atoms with E-state index in [4.69, 9.17) is 33.8 Å². The molecule has 6 nitrogen and oxygen atoms in total. The summed E-state index contributed by atoms with van der Waals surface area (Å²) in [6, 6.07) is 9.52. The molecule has 0 aliphatic carbocycles. The van der Waals surface area contributed by atoms with Crippen LogP contribution in [0.15, 0.2) is 57.8 Å². The molecule has 2 heterocycles. The minimum atomic E-state index is 0.133. The number of hydrogen-bond donors (Lipinski definition) is 0. The summed E-state index contributed by atoms with van der Waals surface area (Å²) in [6.07, 6.45) is 4.18. The average Bonchev–Trinajstić information content (AvgIpc) is 2.97. The number of azide groups is 1. The fraction of sp³-hybridized carbons (Fsp3) is 0.263. The summed E-state index contributed by atoms with van der Waals surface area (Å²) in [4.78, 5) is 7.90. The SMILES string of the molecule is CC(C)n1nc(CN=[N+]=[N-])c(Cc2ccncc2)c1Sc1cc(Cl)cc(Cl)c1. The highest BCUT2D eigenvalue weighted by Crippen LogP contribution is 2.37. The molecule has 0 fully saturated rings. The van der Waals surface area contributed by atoms with Gasteiger partial charge >= 0.3 is 0 Å². The Kier molecular flexibility index (Phi) is 6.86. The van der Waals surface area contributed by atoms with Crippen LogP contribution in [0.25, 0.3) is 10.4 Å². The molecule has 0 N–H and O–H groups in total. The van der Waals surface area contributed by atoms with Gasteiger partial charge in [-0.2, -0.15) is 5.10 Å². The summed E-state index contributed by atoms with van der Waals surface area (Å²) in [7, 11) is 0. The monoisotopic (exact) mass is 432 g/mol. The molecule has 0 bridgehead atoms. The van der Waals surface area contributed by atoms with Crippen LogP contribution in [-0.4, -0.2) is 14.8 Å². The lowest BCUT2D eigenvalue weighted by Gasteiger charge is -2.13. The van der Waals surface area contributed by atoms with Crippen LogP contribution in [0.3, 0.4) is 0 Å². The standard InChI is InChI=1S/C19H18Cl2N6S/c1-12(2)27-19(28-16-9-14(20)8-15(21)10-16)17(18(25-27)11-24-26-22)7-13-3-5-23-6-4-13/h3-6,8-10,12H,7,11H2,1-2H3. The van der Waals surface area contributed by atoms with E-state index in [1.54, 1.807) is 30.2 Å². The second-order valence-corrected chi connectivity index (χ2v) is 8.33. The van der Waals surface area contributed by atoms with Crippen LogP contribution in [0.4, 0.5) is 0 Å². The number of benzene rings is 1. The first-order chi connectivity index (χ1) is 13.5. The van der Waals surface area contributed by atoms with E-state index >= 15 is 0 Å². The maximum absolute atomic E-state index is 8.77. The Bertz CT molecular complexity index is 993. The highest BCUT2D eigenvalue weighted by molar-refractivity contribution is 7.99. The Hall–Kier alpha value is -2.18. The van der Waals surface area contributed by atoms with Crippen LogP contribution in [0.2, 0.25) is 10.0 Å². The highest BCUT2D eigenvalue weighted by Gasteiger charge is 2.21. The smallest absolute Gasteiger partial charge is 0.103 e. The molecule has 28 heavy (non-hydrogen) atoms. The van der Waals surface area contributed by atoms with E-state index in [9.17, 15) is 0 Å². The molecule has 0 saturated carbocycles. The summed E-state index contributed by atoms with van der Waals surface area (Å²) < 4.78 is 1.96. The Morgan fingerprint density at radius 1 is 1.18 bits per heavy atom. The van der Waals surface area contributed by atoms with E-state index in [1.807, 2.05) is 28.9 Å². The zero-order chi connectivity index (χ0) is 20.1. The van der Waals surface area contributed by atoms with Crippen molar-refractivity contribution < 1.29 is 0 Å². The van der Waals surface area contributed by atoms with Crippen molar-refractivity contribution in [2.45, 2.75) is 42.8 Å². The Morgan fingerprint density at radius 2 is 1.86 bits per heavy atom. The molecule has 0 radical (unpaired) electrons. The largest absolute Gasteiger partial charge is 0.265 e. The molecule has 9 heteroatoms. The van der Waals surface area contributed by atoms with E-state index in [1.165, 1.54) is 0 Å². The third-order valence-corrected chi connectivity index (χ3v) is 5.53. The molecule has 1 aromatic carbocycles. The van der Waals surface area contributed by atoms with E-state index in [0.717, 1.165) is 26.7 Å². The lowest BCUT2D eigenvalue weighted by Crippen LogP contribution is -2.05. The van der Waals surface area contributed by atoms with Gasteiger partial charge in [0.15, 0.2) is 0 Å². The van der Waals surface area contributed by atoms with Gasteiger partial charge in [0.2, 0.25) is 0 Å². The topological polar surface area (TPSA) is 79.5 Å². The molecule has 0 saturated heterocycles. The second-order valence-electron chi connectivity index (χ2n) is 6.40. The van der Waals surface area contributed by atoms with Crippen molar-refractivity contribution in [1.29, 1.82) is 0 Å². The van der Waals surface area contributed by atoms with Crippen molar-refractivity contribution >= 4 is 35.0 Å². The number of pyridine rings is 1. The molecular formula is C19H18Cl2N6S. The summed E-state index contributed by atoms with van der Waals surface area (Å²) in [5, 5.41) is 10.6. The van der Waals surface area contributed by atoms with Gasteiger partial charge in [0.1, 0.15) is 5.03 Å². The fourth-order valence-electron chi connectivity index (χ4n) is 2.76. The summed E-state index contributed by atoms with van der Waals surface area (Å²) in [6.45, 7) is 4.33. The minimum absolute atomic E-state index is 0.133. The first-order valence-electron chi connectivity index (χ1n) is 8.62. The zero-order valence-corrected chi connectivity index (χ0v) is 17.7. The normalized spacial score (nSPS) is 10.9. The number of rotatable bonds is 7. The van der Waals surface area contributed by atoms with Crippen molar-refractivity contribution in [3.8, 4) is 0 Å².